The van der Waals surface area contributed by atoms with Gasteiger partial charge in [0.05, 0.1) is 21.7 Å². The van der Waals surface area contributed by atoms with Crippen molar-refractivity contribution in [2.75, 3.05) is 16.8 Å². The van der Waals surface area contributed by atoms with Crippen LogP contribution in [0.3, 0.4) is 0 Å². The van der Waals surface area contributed by atoms with E-state index in [1.807, 2.05) is 48.5 Å². The molecule has 2 N–H and O–H groups in total. The van der Waals surface area contributed by atoms with Crippen LogP contribution in [-0.2, 0) is 4.79 Å². The minimum Gasteiger partial charge on any atom is -0.338 e. The number of fused-ring (bicyclic) bond motifs is 1. The zero-order valence-electron chi connectivity index (χ0n) is 16.6. The smallest absolute Gasteiger partial charge is 0.255 e. The number of aromatic nitrogens is 2. The highest BCUT2D eigenvalue weighted by Crippen LogP contribution is 2.31. The van der Waals surface area contributed by atoms with Crippen LogP contribution in [0, 0.1) is 0 Å². The first-order chi connectivity index (χ1) is 15.1. The number of para-hydroxylation sites is 2. The van der Waals surface area contributed by atoms with E-state index in [9.17, 15) is 9.59 Å². The maximum absolute atomic E-state index is 12.8. The molecule has 0 spiro atoms. The Balaban J connectivity index is 1.34. The number of carbonyl (C=O) groups is 2. The molecule has 2 heterocycles. The molecule has 7 heteroatoms. The van der Waals surface area contributed by atoms with Crippen molar-refractivity contribution in [2.24, 2.45) is 0 Å². The Morgan fingerprint density at radius 3 is 2.61 bits per heavy atom. The number of H-pyrrole nitrogens is 1. The highest BCUT2D eigenvalue weighted by molar-refractivity contribution is 6.34. The van der Waals surface area contributed by atoms with E-state index in [4.69, 9.17) is 11.6 Å². The van der Waals surface area contributed by atoms with E-state index in [-0.39, 0.29) is 11.8 Å². The molecule has 0 bridgehead atoms. The van der Waals surface area contributed by atoms with Gasteiger partial charge in [-0.2, -0.15) is 0 Å². The molecule has 5 rings (SSSR count). The van der Waals surface area contributed by atoms with Crippen molar-refractivity contribution in [3.8, 4) is 11.4 Å². The quantitative estimate of drug-likeness (QED) is 0.463. The van der Waals surface area contributed by atoms with Gasteiger partial charge in [-0.05, 0) is 61.0 Å². The summed E-state index contributed by atoms with van der Waals surface area (Å²) in [6, 6.07) is 20.3. The van der Waals surface area contributed by atoms with Crippen LogP contribution in [0.2, 0.25) is 5.02 Å². The van der Waals surface area contributed by atoms with Crippen molar-refractivity contribution >= 4 is 45.8 Å². The number of halogens is 1. The first kappa shape index (κ1) is 19.3. The summed E-state index contributed by atoms with van der Waals surface area (Å²) in [5.41, 5.74) is 4.50. The van der Waals surface area contributed by atoms with Gasteiger partial charge in [-0.25, -0.2) is 4.98 Å². The molecule has 0 saturated carbocycles. The highest BCUT2D eigenvalue weighted by atomic mass is 35.5. The van der Waals surface area contributed by atoms with Gasteiger partial charge in [-0.15, -0.1) is 0 Å². The number of nitrogens with zero attached hydrogens (tertiary/aromatic N) is 2. The van der Waals surface area contributed by atoms with E-state index in [1.165, 1.54) is 0 Å². The van der Waals surface area contributed by atoms with Crippen LogP contribution in [0.1, 0.15) is 23.2 Å². The molecule has 1 saturated heterocycles. The van der Waals surface area contributed by atoms with Crippen molar-refractivity contribution in [3.05, 3.63) is 77.3 Å². The molecule has 154 valence electrons. The lowest BCUT2D eigenvalue weighted by molar-refractivity contribution is -0.117. The number of hydrogen-bond acceptors (Lipinski definition) is 3. The van der Waals surface area contributed by atoms with Crippen LogP contribution in [0.5, 0.6) is 0 Å². The minimum atomic E-state index is -0.263. The maximum Gasteiger partial charge on any atom is 0.255 e. The lowest BCUT2D eigenvalue weighted by Crippen LogP contribution is -2.24. The van der Waals surface area contributed by atoms with Crippen molar-refractivity contribution < 1.29 is 9.59 Å². The second kappa shape index (κ2) is 7.89. The molecule has 1 aromatic heterocycles. The van der Waals surface area contributed by atoms with Crippen molar-refractivity contribution in [2.45, 2.75) is 12.8 Å². The number of amides is 2. The van der Waals surface area contributed by atoms with Crippen molar-refractivity contribution in [1.29, 1.82) is 0 Å². The average Bonchev–Trinajstić information content (AvgIpc) is 3.40. The Hall–Kier alpha value is -3.64. The van der Waals surface area contributed by atoms with Crippen LogP contribution in [-0.4, -0.2) is 28.3 Å². The molecule has 31 heavy (non-hydrogen) atoms. The number of anilines is 2. The van der Waals surface area contributed by atoms with Gasteiger partial charge in [0.2, 0.25) is 5.91 Å². The standard InChI is InChI=1S/C24H19ClN4O2/c25-18-12-9-16(14-21(18)29-13-3-6-22(29)30)24(31)26-17-10-7-15(8-11-17)23-27-19-4-1-2-5-20(19)28-23/h1-2,4-5,7-12,14H,3,6,13H2,(H,26,31)(H,27,28). The monoisotopic (exact) mass is 430 g/mol. The summed E-state index contributed by atoms with van der Waals surface area (Å²) in [5, 5.41) is 3.36. The highest BCUT2D eigenvalue weighted by Gasteiger charge is 2.24. The average molecular weight is 431 g/mol. The van der Waals surface area contributed by atoms with E-state index < -0.39 is 0 Å². The number of nitrogens with one attached hydrogen (secondary N) is 2. The van der Waals surface area contributed by atoms with Crippen molar-refractivity contribution in [3.63, 3.8) is 0 Å². The fourth-order valence-corrected chi connectivity index (χ4v) is 3.99. The molecule has 0 atom stereocenters. The Bertz CT molecular complexity index is 1260. The lowest BCUT2D eigenvalue weighted by Gasteiger charge is -2.18. The fourth-order valence-electron chi connectivity index (χ4n) is 3.77. The topological polar surface area (TPSA) is 78.1 Å². The summed E-state index contributed by atoms with van der Waals surface area (Å²) in [6.45, 7) is 0.618. The molecule has 2 amide bonds. The van der Waals surface area contributed by atoms with Gasteiger partial charge in [0, 0.05) is 29.8 Å². The van der Waals surface area contributed by atoms with E-state index >= 15 is 0 Å². The van der Waals surface area contributed by atoms with Gasteiger partial charge in [0.15, 0.2) is 0 Å². The summed E-state index contributed by atoms with van der Waals surface area (Å²) in [5.74, 6) is 0.540. The Morgan fingerprint density at radius 1 is 1.06 bits per heavy atom. The molecule has 0 radical (unpaired) electrons. The first-order valence-corrected chi connectivity index (χ1v) is 10.4. The number of benzene rings is 3. The second-order valence-electron chi connectivity index (χ2n) is 7.45. The molecule has 1 fully saturated rings. The van der Waals surface area contributed by atoms with E-state index in [0.29, 0.717) is 34.9 Å². The van der Waals surface area contributed by atoms with E-state index in [0.717, 1.165) is 28.8 Å². The largest absolute Gasteiger partial charge is 0.338 e. The third-order valence-corrected chi connectivity index (χ3v) is 5.70. The number of aromatic amines is 1. The summed E-state index contributed by atoms with van der Waals surface area (Å²) in [4.78, 5) is 34.4. The predicted molar refractivity (Wildman–Crippen MR) is 123 cm³/mol. The third kappa shape index (κ3) is 3.78. The van der Waals surface area contributed by atoms with Crippen LogP contribution in [0.25, 0.3) is 22.4 Å². The van der Waals surface area contributed by atoms with Gasteiger partial charge >= 0.3 is 0 Å². The summed E-state index contributed by atoms with van der Waals surface area (Å²) in [6.07, 6.45) is 1.30. The molecule has 4 aromatic rings. The molecular weight excluding hydrogens is 412 g/mol. The molecule has 1 aliphatic rings. The summed E-state index contributed by atoms with van der Waals surface area (Å²) >= 11 is 6.28. The number of carbonyl (C=O) groups excluding carboxylic acids is 2. The Morgan fingerprint density at radius 2 is 1.87 bits per heavy atom. The normalized spacial score (nSPS) is 13.7. The maximum atomic E-state index is 12.8. The predicted octanol–water partition coefficient (Wildman–Crippen LogP) is 5.26. The molecule has 3 aromatic carbocycles. The molecule has 0 aliphatic carbocycles. The first-order valence-electron chi connectivity index (χ1n) is 10.0. The van der Waals surface area contributed by atoms with Gasteiger partial charge in [-0.1, -0.05) is 23.7 Å². The molecular formula is C24H19ClN4O2. The summed E-state index contributed by atoms with van der Waals surface area (Å²) in [7, 11) is 0. The third-order valence-electron chi connectivity index (χ3n) is 5.38. The van der Waals surface area contributed by atoms with Gasteiger partial charge in [0.25, 0.3) is 5.91 Å². The van der Waals surface area contributed by atoms with Crippen LogP contribution < -0.4 is 10.2 Å². The minimum absolute atomic E-state index is 0.0284. The van der Waals surface area contributed by atoms with Gasteiger partial charge < -0.3 is 15.2 Å². The lowest BCUT2D eigenvalue weighted by atomic mass is 10.1. The number of rotatable bonds is 4. The Kier molecular flexibility index (Phi) is 4.92. The van der Waals surface area contributed by atoms with Crippen LogP contribution in [0.4, 0.5) is 11.4 Å². The SMILES string of the molecule is O=C(Nc1ccc(-c2nc3ccccc3[nH]2)cc1)c1ccc(Cl)c(N2CCCC2=O)c1. The van der Waals surface area contributed by atoms with Crippen LogP contribution >= 0.6 is 11.6 Å². The fraction of sp³-hybridized carbons (Fsp3) is 0.125. The second-order valence-corrected chi connectivity index (χ2v) is 7.86. The molecule has 6 nitrogen and oxygen atoms in total. The number of imidazole rings is 1. The van der Waals surface area contributed by atoms with Gasteiger partial charge in [-0.3, -0.25) is 9.59 Å². The summed E-state index contributed by atoms with van der Waals surface area (Å²) < 4.78 is 0. The van der Waals surface area contributed by atoms with E-state index in [2.05, 4.69) is 15.3 Å². The van der Waals surface area contributed by atoms with E-state index in [1.54, 1.807) is 23.1 Å². The molecule has 0 unspecified atom stereocenters. The number of hydrogen-bond donors (Lipinski definition) is 2. The zero-order chi connectivity index (χ0) is 21.4. The van der Waals surface area contributed by atoms with Gasteiger partial charge in [0.1, 0.15) is 5.82 Å². The van der Waals surface area contributed by atoms with Crippen molar-refractivity contribution in [1.82, 2.24) is 9.97 Å². The molecule has 1 aliphatic heterocycles. The Labute approximate surface area is 183 Å². The zero-order valence-corrected chi connectivity index (χ0v) is 17.3. The van der Waals surface area contributed by atoms with Crippen LogP contribution in [0.15, 0.2) is 66.7 Å².